The third-order valence-corrected chi connectivity index (χ3v) is 5.55. The van der Waals surface area contributed by atoms with E-state index in [1.165, 1.54) is 26.4 Å². The third-order valence-electron chi connectivity index (χ3n) is 4.40. The summed E-state index contributed by atoms with van der Waals surface area (Å²) in [4.78, 5) is 22.3. The molecule has 7 nitrogen and oxygen atoms in total. The molecule has 26 heavy (non-hydrogen) atoms. The summed E-state index contributed by atoms with van der Waals surface area (Å²) in [7, 11) is -1.88. The lowest BCUT2D eigenvalue weighted by molar-refractivity contribution is -0.141. The van der Waals surface area contributed by atoms with Gasteiger partial charge in [-0.2, -0.15) is 8.42 Å². The Morgan fingerprint density at radius 3 is 1.58 bits per heavy atom. The number of methoxy groups -OCH3 is 2. The van der Waals surface area contributed by atoms with E-state index < -0.39 is 21.3 Å². The van der Waals surface area contributed by atoms with Crippen LogP contribution < -0.4 is 0 Å². The van der Waals surface area contributed by atoms with E-state index in [1.807, 2.05) is 0 Å². The molecule has 0 aromatic carbocycles. The number of carbonyl (C=O) groups excluding carboxylic acids is 2. The normalized spacial score (nSPS) is 12.6. The third kappa shape index (κ3) is 13.1. The molecule has 0 rings (SSSR count). The Labute approximate surface area is 157 Å². The van der Waals surface area contributed by atoms with Crippen LogP contribution in [0.3, 0.4) is 0 Å². The lowest BCUT2D eigenvalue weighted by Crippen LogP contribution is -2.30. The summed E-state index contributed by atoms with van der Waals surface area (Å²) < 4.78 is 40.3. The van der Waals surface area contributed by atoms with Gasteiger partial charge >= 0.3 is 11.9 Å². The average Bonchev–Trinajstić information content (AvgIpc) is 2.60. The maximum atomic E-state index is 11.4. The van der Waals surface area contributed by atoms with Crippen molar-refractivity contribution in [2.24, 2.45) is 0 Å². The minimum atomic E-state index is -4.40. The molecule has 0 spiro atoms. The number of hydrogen-bond donors (Lipinski definition) is 1. The highest BCUT2D eigenvalue weighted by atomic mass is 32.2. The van der Waals surface area contributed by atoms with E-state index in [-0.39, 0.29) is 12.4 Å². The SMILES string of the molecule is COC(=O)CCCCCCCCCCCCCC(C(=O)OC)S(=O)(=O)O. The maximum Gasteiger partial charge on any atom is 0.326 e. The second-order valence-electron chi connectivity index (χ2n) is 6.53. The lowest BCUT2D eigenvalue weighted by atomic mass is 10.0. The first-order valence-corrected chi connectivity index (χ1v) is 10.9. The summed E-state index contributed by atoms with van der Waals surface area (Å²) in [5.74, 6) is -1.04. The molecule has 154 valence electrons. The molecule has 0 aliphatic rings. The fourth-order valence-electron chi connectivity index (χ4n) is 2.81. The minimum Gasteiger partial charge on any atom is -0.469 e. The van der Waals surface area contributed by atoms with Gasteiger partial charge in [-0.1, -0.05) is 64.2 Å². The number of ether oxygens (including phenoxy) is 2. The summed E-state index contributed by atoms with van der Waals surface area (Å²) in [5.41, 5.74) is 0. The summed E-state index contributed by atoms with van der Waals surface area (Å²) in [6.07, 6.45) is 11.8. The van der Waals surface area contributed by atoms with E-state index >= 15 is 0 Å². The van der Waals surface area contributed by atoms with Gasteiger partial charge in [-0.25, -0.2) is 0 Å². The maximum absolute atomic E-state index is 11.4. The van der Waals surface area contributed by atoms with Crippen LogP contribution in [0.2, 0.25) is 0 Å². The Hall–Kier alpha value is -1.15. The quantitative estimate of drug-likeness (QED) is 0.242. The van der Waals surface area contributed by atoms with Gasteiger partial charge in [0.1, 0.15) is 0 Å². The molecule has 0 radical (unpaired) electrons. The Balaban J connectivity index is 3.51. The van der Waals surface area contributed by atoms with Gasteiger partial charge in [0.15, 0.2) is 5.25 Å². The van der Waals surface area contributed by atoms with Crippen molar-refractivity contribution >= 4 is 22.1 Å². The van der Waals surface area contributed by atoms with Crippen molar-refractivity contribution < 1.29 is 32.0 Å². The molecular formula is C18H34O7S. The topological polar surface area (TPSA) is 107 Å². The molecule has 0 aromatic rings. The van der Waals surface area contributed by atoms with Crippen molar-refractivity contribution in [1.29, 1.82) is 0 Å². The summed E-state index contributed by atoms with van der Waals surface area (Å²) in [6, 6.07) is 0. The number of rotatable bonds is 16. The molecular weight excluding hydrogens is 360 g/mol. The second kappa shape index (κ2) is 15.0. The summed E-state index contributed by atoms with van der Waals surface area (Å²) in [5, 5.41) is -1.47. The molecule has 1 unspecified atom stereocenters. The van der Waals surface area contributed by atoms with Crippen LogP contribution in [0.25, 0.3) is 0 Å². The van der Waals surface area contributed by atoms with Gasteiger partial charge < -0.3 is 9.47 Å². The highest BCUT2D eigenvalue weighted by molar-refractivity contribution is 7.87. The molecule has 0 amide bonds. The molecule has 0 saturated carbocycles. The summed E-state index contributed by atoms with van der Waals surface area (Å²) >= 11 is 0. The van der Waals surface area contributed by atoms with Crippen LogP contribution in [0.4, 0.5) is 0 Å². The van der Waals surface area contributed by atoms with E-state index in [0.29, 0.717) is 12.8 Å². The Bertz CT molecular complexity index is 488. The van der Waals surface area contributed by atoms with Gasteiger partial charge in [0, 0.05) is 6.42 Å². The Morgan fingerprint density at radius 1 is 0.769 bits per heavy atom. The van der Waals surface area contributed by atoms with E-state index in [1.54, 1.807) is 0 Å². The van der Waals surface area contributed by atoms with E-state index in [4.69, 9.17) is 4.55 Å². The van der Waals surface area contributed by atoms with Crippen LogP contribution in [0.15, 0.2) is 0 Å². The van der Waals surface area contributed by atoms with Gasteiger partial charge in [0.05, 0.1) is 14.2 Å². The number of carbonyl (C=O) groups is 2. The molecule has 0 aliphatic carbocycles. The van der Waals surface area contributed by atoms with Crippen molar-refractivity contribution in [2.75, 3.05) is 14.2 Å². The van der Waals surface area contributed by atoms with Crippen molar-refractivity contribution in [3.8, 4) is 0 Å². The standard InChI is InChI=1S/C18H34O7S/c1-24-17(19)15-13-11-9-7-5-3-4-6-8-10-12-14-16(18(20)25-2)26(21,22)23/h16H,3-15H2,1-2H3,(H,21,22,23). The molecule has 0 fully saturated rings. The highest BCUT2D eigenvalue weighted by Crippen LogP contribution is 2.15. The first-order valence-electron chi connectivity index (χ1n) is 9.44. The van der Waals surface area contributed by atoms with Gasteiger partial charge in [0.25, 0.3) is 10.1 Å². The molecule has 0 aromatic heterocycles. The molecule has 0 bridgehead atoms. The fraction of sp³-hybridized carbons (Fsp3) is 0.889. The minimum absolute atomic E-state index is 0.0943. The Kier molecular flexibility index (Phi) is 14.3. The van der Waals surface area contributed by atoms with Crippen LogP contribution in [0, 0.1) is 0 Å². The lowest BCUT2D eigenvalue weighted by Gasteiger charge is -2.11. The predicted octanol–water partition coefficient (Wildman–Crippen LogP) is 3.66. The monoisotopic (exact) mass is 394 g/mol. The predicted molar refractivity (Wildman–Crippen MR) is 99.4 cm³/mol. The molecule has 0 aliphatic heterocycles. The van der Waals surface area contributed by atoms with Gasteiger partial charge in [-0.15, -0.1) is 0 Å². The van der Waals surface area contributed by atoms with E-state index in [0.717, 1.165) is 52.1 Å². The number of hydrogen-bond acceptors (Lipinski definition) is 6. The molecule has 0 saturated heterocycles. The van der Waals surface area contributed by atoms with Crippen molar-refractivity contribution in [3.63, 3.8) is 0 Å². The van der Waals surface area contributed by atoms with E-state index in [9.17, 15) is 18.0 Å². The van der Waals surface area contributed by atoms with Crippen molar-refractivity contribution in [3.05, 3.63) is 0 Å². The first kappa shape index (κ1) is 24.8. The van der Waals surface area contributed by atoms with Crippen LogP contribution in [-0.2, 0) is 29.2 Å². The van der Waals surface area contributed by atoms with Crippen LogP contribution >= 0.6 is 0 Å². The molecule has 1 N–H and O–H groups in total. The van der Waals surface area contributed by atoms with Crippen LogP contribution in [0.1, 0.15) is 83.5 Å². The largest absolute Gasteiger partial charge is 0.469 e. The van der Waals surface area contributed by atoms with Crippen molar-refractivity contribution in [1.82, 2.24) is 0 Å². The number of esters is 2. The second-order valence-corrected chi connectivity index (χ2v) is 8.13. The fourth-order valence-corrected chi connectivity index (χ4v) is 3.62. The smallest absolute Gasteiger partial charge is 0.326 e. The number of unbranched alkanes of at least 4 members (excludes halogenated alkanes) is 10. The van der Waals surface area contributed by atoms with Crippen LogP contribution in [-0.4, -0.2) is 44.4 Å². The van der Waals surface area contributed by atoms with E-state index in [2.05, 4.69) is 9.47 Å². The van der Waals surface area contributed by atoms with Crippen LogP contribution in [0.5, 0.6) is 0 Å². The molecule has 0 heterocycles. The van der Waals surface area contributed by atoms with Gasteiger partial charge in [-0.05, 0) is 12.8 Å². The molecule has 8 heteroatoms. The first-order chi connectivity index (χ1) is 12.3. The van der Waals surface area contributed by atoms with Gasteiger partial charge in [-0.3, -0.25) is 14.1 Å². The summed E-state index contributed by atoms with van der Waals surface area (Å²) in [6.45, 7) is 0. The Morgan fingerprint density at radius 2 is 1.19 bits per heavy atom. The highest BCUT2D eigenvalue weighted by Gasteiger charge is 2.31. The zero-order valence-electron chi connectivity index (χ0n) is 16.1. The average molecular weight is 395 g/mol. The molecule has 1 atom stereocenters. The van der Waals surface area contributed by atoms with Crippen molar-refractivity contribution in [2.45, 2.75) is 88.7 Å². The zero-order chi connectivity index (χ0) is 19.8. The zero-order valence-corrected chi connectivity index (χ0v) is 16.9. The van der Waals surface area contributed by atoms with Gasteiger partial charge in [0.2, 0.25) is 0 Å².